The summed E-state index contributed by atoms with van der Waals surface area (Å²) < 4.78 is 69.4. The number of hydrogen-bond donors (Lipinski definition) is 0. The van der Waals surface area contributed by atoms with Crippen LogP contribution in [0.5, 0.6) is 0 Å². The number of thiophene rings is 1. The van der Waals surface area contributed by atoms with Crippen molar-refractivity contribution < 1.29 is 26.7 Å². The maximum atomic E-state index is 13.9. The van der Waals surface area contributed by atoms with Crippen LogP contribution in [0.2, 0.25) is 0 Å². The normalized spacial score (nSPS) is 16.4. The van der Waals surface area contributed by atoms with Crippen LogP contribution in [0.25, 0.3) is 21.2 Å². The fourth-order valence-corrected chi connectivity index (χ4v) is 5.56. The minimum absolute atomic E-state index is 0.0262. The third-order valence-electron chi connectivity index (χ3n) is 6.53. The zero-order valence-electron chi connectivity index (χ0n) is 19.9. The zero-order chi connectivity index (χ0) is 26.2. The van der Waals surface area contributed by atoms with Gasteiger partial charge in [-0.3, -0.25) is 14.5 Å². The van der Waals surface area contributed by atoms with Crippen molar-refractivity contribution in [1.29, 1.82) is 0 Å². The molecule has 4 rings (SSSR count). The van der Waals surface area contributed by atoms with E-state index in [0.29, 0.717) is 17.3 Å². The van der Waals surface area contributed by atoms with E-state index in [-0.39, 0.29) is 42.6 Å². The van der Waals surface area contributed by atoms with Crippen LogP contribution in [0.4, 0.5) is 22.0 Å². The summed E-state index contributed by atoms with van der Waals surface area (Å²) in [5.41, 5.74) is -0.890. The first-order chi connectivity index (χ1) is 17.0. The van der Waals surface area contributed by atoms with Crippen LogP contribution >= 0.6 is 11.3 Å². The summed E-state index contributed by atoms with van der Waals surface area (Å²) in [5, 5.41) is 1.77. The van der Waals surface area contributed by atoms with E-state index in [1.807, 2.05) is 13.8 Å². The molecule has 1 amide bonds. The molecule has 1 aliphatic rings. The second-order valence-electron chi connectivity index (χ2n) is 8.82. The van der Waals surface area contributed by atoms with Gasteiger partial charge in [0, 0.05) is 40.5 Å². The molecule has 36 heavy (non-hydrogen) atoms. The topological polar surface area (TPSA) is 45.6 Å². The highest BCUT2D eigenvalue weighted by Gasteiger charge is 2.34. The largest absolute Gasteiger partial charge is 0.419 e. The first-order valence-corrected chi connectivity index (χ1v) is 12.6. The minimum Gasteiger partial charge on any atom is -0.338 e. The minimum atomic E-state index is -4.89. The molecule has 0 saturated carbocycles. The predicted octanol–water partition coefficient (Wildman–Crippen LogP) is 5.30. The number of aromatic nitrogens is 1. The number of halogens is 5. The Kier molecular flexibility index (Phi) is 7.51. The average Bonchev–Trinajstić information content (AvgIpc) is 3.47. The van der Waals surface area contributed by atoms with E-state index >= 15 is 0 Å². The van der Waals surface area contributed by atoms with Crippen molar-refractivity contribution in [1.82, 2.24) is 14.4 Å². The molecule has 194 valence electrons. The van der Waals surface area contributed by atoms with Crippen molar-refractivity contribution in [3.63, 3.8) is 0 Å². The maximum Gasteiger partial charge on any atom is 0.419 e. The van der Waals surface area contributed by atoms with E-state index in [4.69, 9.17) is 0 Å². The van der Waals surface area contributed by atoms with Gasteiger partial charge in [-0.15, -0.1) is 11.3 Å². The van der Waals surface area contributed by atoms with Crippen LogP contribution in [-0.2, 0) is 24.1 Å². The number of pyridine rings is 1. The number of alkyl halides is 4. The van der Waals surface area contributed by atoms with E-state index < -0.39 is 35.2 Å². The highest BCUT2D eigenvalue weighted by atomic mass is 32.1. The number of likely N-dealkylation sites (tertiary alicyclic amines) is 1. The quantitative estimate of drug-likeness (QED) is 0.392. The summed E-state index contributed by atoms with van der Waals surface area (Å²) >= 11 is 1.22. The van der Waals surface area contributed by atoms with Gasteiger partial charge in [-0.2, -0.15) is 13.2 Å². The molecule has 3 aromatic rings. The standard InChI is InChI=1S/C25H26F5N3O2S/c1-3-31(4-2)10-16-11-33(13-21(34)32-8-7-17(26)12-32)24(35)22-18(14-36-23(16)22)15-5-6-20(27)19(9-15)25(28,29)30/h5-6,9,11,14,17H,3-4,7-8,10,12-13H2,1-2H3. The number of amides is 1. The summed E-state index contributed by atoms with van der Waals surface area (Å²) in [7, 11) is 0. The summed E-state index contributed by atoms with van der Waals surface area (Å²) in [6.45, 7) is 5.82. The fraction of sp³-hybridized carbons (Fsp3) is 0.440. The molecule has 1 atom stereocenters. The Balaban J connectivity index is 1.85. The molecule has 1 aliphatic heterocycles. The molecule has 1 aromatic carbocycles. The molecule has 0 spiro atoms. The number of nitrogens with zero attached hydrogens (tertiary/aromatic N) is 3. The fourth-order valence-electron chi connectivity index (χ4n) is 4.49. The Bertz CT molecular complexity index is 1330. The van der Waals surface area contributed by atoms with Crippen LogP contribution in [-0.4, -0.2) is 52.6 Å². The first kappa shape index (κ1) is 26.3. The van der Waals surface area contributed by atoms with E-state index in [9.17, 15) is 31.5 Å². The van der Waals surface area contributed by atoms with Crippen LogP contribution in [0.3, 0.4) is 0 Å². The Hall–Kier alpha value is -2.79. The molecule has 1 saturated heterocycles. The van der Waals surface area contributed by atoms with Gasteiger partial charge in [0.15, 0.2) is 0 Å². The molecule has 0 radical (unpaired) electrons. The lowest BCUT2D eigenvalue weighted by molar-refractivity contribution is -0.140. The van der Waals surface area contributed by atoms with Crippen molar-refractivity contribution in [2.24, 2.45) is 0 Å². The molecule has 2 aromatic heterocycles. The van der Waals surface area contributed by atoms with Crippen LogP contribution in [0.1, 0.15) is 31.4 Å². The van der Waals surface area contributed by atoms with E-state index in [1.54, 1.807) is 11.6 Å². The lowest BCUT2D eigenvalue weighted by Crippen LogP contribution is -2.35. The van der Waals surface area contributed by atoms with Gasteiger partial charge in [-0.1, -0.05) is 19.9 Å². The van der Waals surface area contributed by atoms with Gasteiger partial charge in [0.1, 0.15) is 18.5 Å². The molecule has 1 fully saturated rings. The lowest BCUT2D eigenvalue weighted by Gasteiger charge is -2.20. The van der Waals surface area contributed by atoms with E-state index in [1.165, 1.54) is 26.9 Å². The summed E-state index contributed by atoms with van der Waals surface area (Å²) in [6, 6.07) is 2.66. The van der Waals surface area contributed by atoms with Crippen molar-refractivity contribution in [3.05, 3.63) is 57.1 Å². The van der Waals surface area contributed by atoms with Crippen LogP contribution in [0, 0.1) is 5.82 Å². The molecule has 3 heterocycles. The van der Waals surface area contributed by atoms with Crippen LogP contribution < -0.4 is 5.56 Å². The SMILES string of the molecule is CCN(CC)Cc1cn(CC(=O)N2CCC(F)C2)c(=O)c2c(-c3ccc(F)c(C(F)(F)F)c3)csc12. The zero-order valence-corrected chi connectivity index (χ0v) is 20.7. The monoisotopic (exact) mass is 527 g/mol. The molecule has 1 unspecified atom stereocenters. The second kappa shape index (κ2) is 10.3. The average molecular weight is 528 g/mol. The second-order valence-corrected chi connectivity index (χ2v) is 9.70. The third kappa shape index (κ3) is 5.17. The smallest absolute Gasteiger partial charge is 0.338 e. The first-order valence-electron chi connectivity index (χ1n) is 11.7. The number of carbonyl (C=O) groups is 1. The number of benzene rings is 1. The Morgan fingerprint density at radius 3 is 2.56 bits per heavy atom. The van der Waals surface area contributed by atoms with Gasteiger partial charge in [0.05, 0.1) is 17.5 Å². The number of carbonyl (C=O) groups excluding carboxylic acids is 1. The Labute approximate surface area is 208 Å². The maximum absolute atomic E-state index is 13.9. The van der Waals surface area contributed by atoms with Crippen molar-refractivity contribution >= 4 is 27.3 Å². The summed E-state index contributed by atoms with van der Waals surface area (Å²) in [6.07, 6.45) is -4.14. The third-order valence-corrected chi connectivity index (χ3v) is 7.58. The number of hydrogen-bond acceptors (Lipinski definition) is 4. The molecule has 0 bridgehead atoms. The van der Waals surface area contributed by atoms with Gasteiger partial charge in [-0.05, 0) is 37.2 Å². The molecular formula is C25H26F5N3O2S. The summed E-state index contributed by atoms with van der Waals surface area (Å²) in [5.74, 6) is -1.80. The lowest BCUT2D eigenvalue weighted by atomic mass is 10.0. The molecular weight excluding hydrogens is 501 g/mol. The summed E-state index contributed by atoms with van der Waals surface area (Å²) in [4.78, 5) is 29.8. The predicted molar refractivity (Wildman–Crippen MR) is 129 cm³/mol. The van der Waals surface area contributed by atoms with Crippen molar-refractivity contribution in [3.8, 4) is 11.1 Å². The molecule has 11 heteroatoms. The highest BCUT2D eigenvalue weighted by Crippen LogP contribution is 2.38. The van der Waals surface area contributed by atoms with E-state index in [0.717, 1.165) is 24.7 Å². The van der Waals surface area contributed by atoms with Crippen LogP contribution in [0.15, 0.2) is 34.6 Å². The highest BCUT2D eigenvalue weighted by molar-refractivity contribution is 7.18. The van der Waals surface area contributed by atoms with Gasteiger partial charge in [-0.25, -0.2) is 8.78 Å². The molecule has 0 N–H and O–H groups in total. The van der Waals surface area contributed by atoms with E-state index in [2.05, 4.69) is 4.90 Å². The molecule has 5 nitrogen and oxygen atoms in total. The van der Waals surface area contributed by atoms with Gasteiger partial charge in [0.25, 0.3) is 5.56 Å². The van der Waals surface area contributed by atoms with Gasteiger partial charge >= 0.3 is 6.18 Å². The van der Waals surface area contributed by atoms with Gasteiger partial charge < -0.3 is 9.47 Å². The van der Waals surface area contributed by atoms with Crippen molar-refractivity contribution in [2.75, 3.05) is 26.2 Å². The Morgan fingerprint density at radius 1 is 1.22 bits per heavy atom. The molecule has 0 aliphatic carbocycles. The Morgan fingerprint density at radius 2 is 1.94 bits per heavy atom. The van der Waals surface area contributed by atoms with Crippen molar-refractivity contribution in [2.45, 2.75) is 45.7 Å². The van der Waals surface area contributed by atoms with Gasteiger partial charge in [0.2, 0.25) is 5.91 Å². The number of fused-ring (bicyclic) bond motifs is 1. The number of rotatable bonds is 7.